The predicted octanol–water partition coefficient (Wildman–Crippen LogP) is 2.46. The molecule has 2 aliphatic heterocycles. The molecular weight excluding hydrogens is 372 g/mol. The summed E-state index contributed by atoms with van der Waals surface area (Å²) >= 11 is 1.63. The van der Waals surface area contributed by atoms with Gasteiger partial charge in [0.1, 0.15) is 0 Å². The molecule has 1 aromatic heterocycles. The van der Waals surface area contributed by atoms with Crippen LogP contribution in [0.2, 0.25) is 0 Å². The van der Waals surface area contributed by atoms with E-state index >= 15 is 0 Å². The van der Waals surface area contributed by atoms with Gasteiger partial charge in [-0.2, -0.15) is 0 Å². The van der Waals surface area contributed by atoms with Crippen LogP contribution in [0.5, 0.6) is 0 Å². The molecule has 0 spiro atoms. The number of ether oxygens (including phenoxy) is 1. The lowest BCUT2D eigenvalue weighted by Crippen LogP contribution is -2.37. The Balaban J connectivity index is 1.52. The summed E-state index contributed by atoms with van der Waals surface area (Å²) in [5.74, 6) is 0.0800. The molecule has 0 radical (unpaired) electrons. The molecule has 1 aromatic rings. The van der Waals surface area contributed by atoms with Crippen molar-refractivity contribution in [3.63, 3.8) is 0 Å². The Bertz CT molecular complexity index is 663. The Morgan fingerprint density at radius 1 is 1.31 bits per heavy atom. The lowest BCUT2D eigenvalue weighted by Gasteiger charge is -2.25. The molecule has 1 amide bonds. The molecule has 3 rings (SSSR count). The lowest BCUT2D eigenvalue weighted by atomic mass is 10.2. The number of rotatable bonds is 9. The quantitative estimate of drug-likeness (QED) is 0.639. The van der Waals surface area contributed by atoms with Crippen molar-refractivity contribution < 1.29 is 17.9 Å². The minimum absolute atomic E-state index is 0.0190. The zero-order valence-electron chi connectivity index (χ0n) is 15.1. The van der Waals surface area contributed by atoms with E-state index < -0.39 is 10.0 Å². The topological polar surface area (TPSA) is 66.9 Å². The van der Waals surface area contributed by atoms with Crippen LogP contribution < -0.4 is 0 Å². The molecule has 2 aliphatic rings. The third-order valence-electron chi connectivity index (χ3n) is 4.98. The van der Waals surface area contributed by atoms with Gasteiger partial charge >= 0.3 is 0 Å². The van der Waals surface area contributed by atoms with E-state index in [4.69, 9.17) is 4.74 Å². The molecule has 2 saturated heterocycles. The average Bonchev–Trinajstić information content (AvgIpc) is 3.37. The Labute approximate surface area is 160 Å². The zero-order chi connectivity index (χ0) is 18.4. The number of sulfonamides is 1. The Kier molecular flexibility index (Phi) is 7.08. The molecule has 8 heteroatoms. The molecule has 1 unspecified atom stereocenters. The minimum Gasteiger partial charge on any atom is -0.376 e. The molecule has 1 atom stereocenters. The number of carbonyl (C=O) groups is 1. The van der Waals surface area contributed by atoms with Gasteiger partial charge in [-0.1, -0.05) is 6.07 Å². The molecule has 2 fully saturated rings. The summed E-state index contributed by atoms with van der Waals surface area (Å²) in [4.78, 5) is 15.7. The number of hydrogen-bond donors (Lipinski definition) is 0. The van der Waals surface area contributed by atoms with Crippen LogP contribution in [0.15, 0.2) is 17.5 Å². The van der Waals surface area contributed by atoms with E-state index in [1.807, 2.05) is 22.4 Å². The predicted molar refractivity (Wildman–Crippen MR) is 103 cm³/mol. The highest BCUT2D eigenvalue weighted by Gasteiger charge is 2.26. The van der Waals surface area contributed by atoms with Gasteiger partial charge in [0, 0.05) is 37.5 Å². The van der Waals surface area contributed by atoms with Crippen LogP contribution >= 0.6 is 11.3 Å². The third kappa shape index (κ3) is 5.52. The van der Waals surface area contributed by atoms with Crippen molar-refractivity contribution in [1.29, 1.82) is 0 Å². The van der Waals surface area contributed by atoms with Crippen LogP contribution in [-0.4, -0.2) is 61.6 Å². The maximum Gasteiger partial charge on any atom is 0.223 e. The molecule has 6 nitrogen and oxygen atoms in total. The normalized spacial score (nSPS) is 21.3. The fourth-order valence-corrected chi connectivity index (χ4v) is 5.84. The average molecular weight is 401 g/mol. The summed E-state index contributed by atoms with van der Waals surface area (Å²) in [6, 6.07) is 4.01. The van der Waals surface area contributed by atoms with Crippen molar-refractivity contribution in [2.45, 2.75) is 51.2 Å². The third-order valence-corrected chi connectivity index (χ3v) is 7.80. The van der Waals surface area contributed by atoms with E-state index in [1.165, 1.54) is 0 Å². The summed E-state index contributed by atoms with van der Waals surface area (Å²) in [6.45, 7) is 3.18. The van der Waals surface area contributed by atoms with Crippen LogP contribution in [0.1, 0.15) is 43.4 Å². The minimum atomic E-state index is -3.21. The first-order valence-corrected chi connectivity index (χ1v) is 11.9. The zero-order valence-corrected chi connectivity index (χ0v) is 16.8. The van der Waals surface area contributed by atoms with Crippen LogP contribution in [-0.2, 0) is 26.1 Å². The van der Waals surface area contributed by atoms with Crippen LogP contribution in [0, 0.1) is 0 Å². The Morgan fingerprint density at radius 3 is 2.77 bits per heavy atom. The molecule has 26 heavy (non-hydrogen) atoms. The second kappa shape index (κ2) is 9.30. The van der Waals surface area contributed by atoms with E-state index in [0.29, 0.717) is 32.6 Å². The summed E-state index contributed by atoms with van der Waals surface area (Å²) in [7, 11) is -3.21. The van der Waals surface area contributed by atoms with Crippen LogP contribution in [0.25, 0.3) is 0 Å². The second-order valence-corrected chi connectivity index (χ2v) is 10.1. The molecular formula is C18H28N2O4S2. The number of amides is 1. The van der Waals surface area contributed by atoms with Gasteiger partial charge in [0.15, 0.2) is 0 Å². The van der Waals surface area contributed by atoms with E-state index in [2.05, 4.69) is 0 Å². The van der Waals surface area contributed by atoms with Crippen LogP contribution in [0.4, 0.5) is 0 Å². The standard InChI is InChI=1S/C18H28N2O4S2/c21-18(8-5-13-26(22,23)20-9-1-2-10-20)19(14-16-6-3-11-24-16)15-17-7-4-12-25-17/h4,7,12,16H,1-3,5-6,8-11,13-15H2. The maximum atomic E-state index is 12.7. The SMILES string of the molecule is O=C(CCCS(=O)(=O)N1CCCC1)N(Cc1cccs1)CC1CCCO1. The van der Waals surface area contributed by atoms with E-state index in [0.717, 1.165) is 37.2 Å². The fraction of sp³-hybridized carbons (Fsp3) is 0.722. The van der Waals surface area contributed by atoms with Gasteiger partial charge in [0.25, 0.3) is 0 Å². The van der Waals surface area contributed by atoms with Gasteiger partial charge in [0.05, 0.1) is 18.4 Å². The summed E-state index contributed by atoms with van der Waals surface area (Å²) in [6.07, 6.45) is 4.65. The largest absolute Gasteiger partial charge is 0.376 e. The highest BCUT2D eigenvalue weighted by atomic mass is 32.2. The summed E-state index contributed by atoms with van der Waals surface area (Å²) < 4.78 is 31.9. The molecule has 0 aliphatic carbocycles. The van der Waals surface area contributed by atoms with Gasteiger partial charge < -0.3 is 9.64 Å². The lowest BCUT2D eigenvalue weighted by molar-refractivity contribution is -0.133. The van der Waals surface area contributed by atoms with Crippen molar-refractivity contribution >= 4 is 27.3 Å². The van der Waals surface area contributed by atoms with Gasteiger partial charge in [-0.25, -0.2) is 12.7 Å². The Morgan fingerprint density at radius 2 is 2.12 bits per heavy atom. The van der Waals surface area contributed by atoms with Gasteiger partial charge in [-0.3, -0.25) is 4.79 Å². The van der Waals surface area contributed by atoms with Crippen molar-refractivity contribution in [3.8, 4) is 0 Å². The van der Waals surface area contributed by atoms with Gasteiger partial charge in [0.2, 0.25) is 15.9 Å². The molecule has 0 N–H and O–H groups in total. The van der Waals surface area contributed by atoms with E-state index in [9.17, 15) is 13.2 Å². The van der Waals surface area contributed by atoms with Crippen molar-refractivity contribution in [2.75, 3.05) is 32.0 Å². The number of thiophene rings is 1. The smallest absolute Gasteiger partial charge is 0.223 e. The van der Waals surface area contributed by atoms with Crippen molar-refractivity contribution in [1.82, 2.24) is 9.21 Å². The monoisotopic (exact) mass is 400 g/mol. The van der Waals surface area contributed by atoms with Crippen molar-refractivity contribution in [3.05, 3.63) is 22.4 Å². The summed E-state index contributed by atoms with van der Waals surface area (Å²) in [5.41, 5.74) is 0. The maximum absolute atomic E-state index is 12.7. The van der Waals surface area contributed by atoms with E-state index in [1.54, 1.807) is 15.6 Å². The molecule has 0 aromatic carbocycles. The second-order valence-electron chi connectivity index (χ2n) is 7.01. The molecule has 3 heterocycles. The number of nitrogens with zero attached hydrogens (tertiary/aromatic N) is 2. The first kappa shape index (κ1) is 19.8. The highest BCUT2D eigenvalue weighted by molar-refractivity contribution is 7.89. The number of hydrogen-bond acceptors (Lipinski definition) is 5. The molecule has 146 valence electrons. The first-order valence-electron chi connectivity index (χ1n) is 9.44. The van der Waals surface area contributed by atoms with Gasteiger partial charge in [-0.15, -0.1) is 11.3 Å². The van der Waals surface area contributed by atoms with Crippen molar-refractivity contribution in [2.24, 2.45) is 0 Å². The first-order chi connectivity index (χ1) is 12.5. The summed E-state index contributed by atoms with van der Waals surface area (Å²) in [5, 5.41) is 2.01. The van der Waals surface area contributed by atoms with E-state index in [-0.39, 0.29) is 24.2 Å². The van der Waals surface area contributed by atoms with Gasteiger partial charge in [-0.05, 0) is 43.6 Å². The highest BCUT2D eigenvalue weighted by Crippen LogP contribution is 2.19. The fourth-order valence-electron chi connectivity index (χ4n) is 3.54. The van der Waals surface area contributed by atoms with Crippen LogP contribution in [0.3, 0.4) is 0 Å². The molecule has 0 saturated carbocycles. The molecule has 0 bridgehead atoms. The number of carbonyl (C=O) groups excluding carboxylic acids is 1. The Hall–Kier alpha value is -0.960.